The molecule has 1 aromatic heterocycles. The van der Waals surface area contributed by atoms with Crippen LogP contribution in [0.3, 0.4) is 0 Å². The molecule has 2 unspecified atom stereocenters. The first-order chi connectivity index (χ1) is 19.1. The van der Waals surface area contributed by atoms with Crippen molar-refractivity contribution in [1.29, 1.82) is 0 Å². The van der Waals surface area contributed by atoms with Gasteiger partial charge < -0.3 is 14.6 Å². The summed E-state index contributed by atoms with van der Waals surface area (Å²) in [4.78, 5) is 19.3. The second-order valence-corrected chi connectivity index (χ2v) is 13.1. The number of rotatable bonds is 8. The molecule has 0 bridgehead atoms. The Balaban J connectivity index is 1.36. The van der Waals surface area contributed by atoms with Crippen LogP contribution in [0.15, 0.2) is 70.9 Å². The quantitative estimate of drug-likeness (QED) is 0.242. The van der Waals surface area contributed by atoms with Gasteiger partial charge in [-0.15, -0.1) is 23.1 Å². The van der Waals surface area contributed by atoms with Crippen molar-refractivity contribution in [3.05, 3.63) is 76.6 Å². The number of ether oxygens (including phenoxy) is 2. The Bertz CT molecular complexity index is 1680. The number of aromatic hydroxyl groups is 1. The van der Waals surface area contributed by atoms with Crippen LogP contribution in [0.1, 0.15) is 17.9 Å². The van der Waals surface area contributed by atoms with Crippen LogP contribution in [0.5, 0.6) is 17.2 Å². The Morgan fingerprint density at radius 1 is 1.02 bits per heavy atom. The molecule has 0 spiro atoms. The molecule has 1 saturated heterocycles. The Morgan fingerprint density at radius 2 is 1.75 bits per heavy atom. The molecule has 2 atom stereocenters. The summed E-state index contributed by atoms with van der Waals surface area (Å²) in [5, 5.41) is 11.7. The molecule has 0 aliphatic carbocycles. The Morgan fingerprint density at radius 3 is 2.45 bits per heavy atom. The third-order valence-electron chi connectivity index (χ3n) is 6.24. The van der Waals surface area contributed by atoms with E-state index in [4.69, 9.17) is 21.1 Å². The summed E-state index contributed by atoms with van der Waals surface area (Å²) in [7, 11) is -1.02. The number of phenolic OH excluding ortho intramolecular Hbond substituents is 1. The second-order valence-electron chi connectivity index (χ2n) is 8.76. The van der Waals surface area contributed by atoms with Gasteiger partial charge in [0.15, 0.2) is 16.6 Å². The molecular formula is C27H24ClN3O6S3. The Labute approximate surface area is 244 Å². The Kier molecular flexibility index (Phi) is 7.87. The molecule has 9 nitrogen and oxygen atoms in total. The maximum atomic E-state index is 13.1. The molecule has 0 saturated carbocycles. The highest BCUT2D eigenvalue weighted by Crippen LogP contribution is 2.47. The molecule has 2 N–H and O–H groups in total. The van der Waals surface area contributed by atoms with Crippen LogP contribution >= 0.6 is 34.7 Å². The highest BCUT2D eigenvalue weighted by molar-refractivity contribution is 8.01. The van der Waals surface area contributed by atoms with Crippen molar-refractivity contribution >= 4 is 61.4 Å². The highest BCUT2D eigenvalue weighted by Gasteiger charge is 2.39. The number of benzene rings is 3. The van der Waals surface area contributed by atoms with Crippen LogP contribution in [0.25, 0.3) is 11.3 Å². The molecule has 0 radical (unpaired) electrons. The van der Waals surface area contributed by atoms with Crippen LogP contribution in [-0.2, 0) is 14.8 Å². The summed E-state index contributed by atoms with van der Waals surface area (Å²) in [6.45, 7) is 1.87. The molecular weight excluding hydrogens is 594 g/mol. The average Bonchev–Trinajstić information content (AvgIpc) is 3.52. The van der Waals surface area contributed by atoms with Crippen LogP contribution in [0.2, 0.25) is 5.02 Å². The zero-order valence-electron chi connectivity index (χ0n) is 21.5. The predicted octanol–water partition coefficient (Wildman–Crippen LogP) is 6.15. The maximum absolute atomic E-state index is 13.1. The average molecular weight is 618 g/mol. The molecule has 40 heavy (non-hydrogen) atoms. The number of halogens is 1. The number of hydrogen-bond acceptors (Lipinski definition) is 9. The fourth-order valence-electron chi connectivity index (χ4n) is 4.19. The lowest BCUT2D eigenvalue weighted by Crippen LogP contribution is -2.30. The third kappa shape index (κ3) is 5.44. The predicted molar refractivity (Wildman–Crippen MR) is 158 cm³/mol. The van der Waals surface area contributed by atoms with E-state index in [1.807, 2.05) is 31.2 Å². The fraction of sp³-hybridized carbons (Fsp3) is 0.185. The summed E-state index contributed by atoms with van der Waals surface area (Å²) < 4.78 is 38.6. The Hall–Kier alpha value is -3.45. The summed E-state index contributed by atoms with van der Waals surface area (Å²) in [5.41, 5.74) is 2.87. The molecule has 2 heterocycles. The minimum Gasteiger partial charge on any atom is -0.504 e. The lowest BCUT2D eigenvalue weighted by molar-refractivity contribution is -0.117. The standard InChI is InChI=1S/C27H24ClN3O6S3/c1-15-25(33)31(26(39-15)17-6-11-22(32)24(12-17)37-3)18-7-4-16(5-8-18)21-14-38-27(29-21)30-40(34,35)19-9-10-20(28)23(13-19)36-2/h4-15,26,32H,1-3H3,(H,29,30). The van der Waals surface area contributed by atoms with Crippen LogP contribution in [0, 0.1) is 0 Å². The molecule has 1 aliphatic rings. The van der Waals surface area contributed by atoms with E-state index in [1.54, 1.807) is 28.5 Å². The molecule has 1 aliphatic heterocycles. The molecule has 208 valence electrons. The number of sulfonamides is 1. The first-order valence-corrected chi connectivity index (χ1v) is 15.6. The zero-order valence-corrected chi connectivity index (χ0v) is 24.7. The van der Waals surface area contributed by atoms with Gasteiger partial charge in [0.05, 0.1) is 35.1 Å². The van der Waals surface area contributed by atoms with E-state index in [9.17, 15) is 18.3 Å². The van der Waals surface area contributed by atoms with Gasteiger partial charge in [0.2, 0.25) is 5.91 Å². The van der Waals surface area contributed by atoms with E-state index in [0.717, 1.165) is 22.5 Å². The minimum atomic E-state index is -3.91. The van der Waals surface area contributed by atoms with Crippen LogP contribution < -0.4 is 19.1 Å². The highest BCUT2D eigenvalue weighted by atomic mass is 35.5. The summed E-state index contributed by atoms with van der Waals surface area (Å²) in [6.07, 6.45) is 0. The number of thiazole rings is 1. The van der Waals surface area contributed by atoms with E-state index in [-0.39, 0.29) is 38.1 Å². The smallest absolute Gasteiger partial charge is 0.263 e. The molecule has 1 fully saturated rings. The molecule has 4 aromatic rings. The summed E-state index contributed by atoms with van der Waals surface area (Å²) >= 11 is 8.68. The van der Waals surface area contributed by atoms with Crippen molar-refractivity contribution in [2.24, 2.45) is 0 Å². The van der Waals surface area contributed by atoms with Gasteiger partial charge in [-0.2, -0.15) is 0 Å². The largest absolute Gasteiger partial charge is 0.504 e. The number of hydrogen-bond donors (Lipinski definition) is 2. The van der Waals surface area contributed by atoms with Crippen molar-refractivity contribution in [3.63, 3.8) is 0 Å². The molecule has 1 amide bonds. The van der Waals surface area contributed by atoms with E-state index in [1.165, 1.54) is 44.2 Å². The third-order valence-corrected chi connectivity index (χ3v) is 10.1. The van der Waals surface area contributed by atoms with Crippen LogP contribution in [-0.4, -0.2) is 43.9 Å². The number of nitrogens with one attached hydrogen (secondary N) is 1. The van der Waals surface area contributed by atoms with Gasteiger partial charge in [0.25, 0.3) is 10.0 Å². The van der Waals surface area contributed by atoms with Gasteiger partial charge in [-0.05, 0) is 48.9 Å². The summed E-state index contributed by atoms with van der Waals surface area (Å²) in [5.74, 6) is 0.590. The lowest BCUT2D eigenvalue weighted by Gasteiger charge is -2.25. The molecule has 3 aromatic carbocycles. The topological polar surface area (TPSA) is 118 Å². The van der Waals surface area contributed by atoms with E-state index in [2.05, 4.69) is 9.71 Å². The monoisotopic (exact) mass is 617 g/mol. The van der Waals surface area contributed by atoms with Crippen molar-refractivity contribution in [2.45, 2.75) is 22.4 Å². The van der Waals surface area contributed by atoms with Gasteiger partial charge in [-0.25, -0.2) is 13.4 Å². The lowest BCUT2D eigenvalue weighted by atomic mass is 10.1. The van der Waals surface area contributed by atoms with Gasteiger partial charge in [-0.3, -0.25) is 14.4 Å². The fourth-order valence-corrected chi connectivity index (χ4v) is 7.64. The van der Waals surface area contributed by atoms with Crippen molar-refractivity contribution in [2.75, 3.05) is 23.8 Å². The van der Waals surface area contributed by atoms with E-state index in [0.29, 0.717) is 22.2 Å². The second kappa shape index (κ2) is 11.2. The van der Waals surface area contributed by atoms with Crippen LogP contribution in [0.4, 0.5) is 10.8 Å². The normalized spacial score (nSPS) is 17.2. The van der Waals surface area contributed by atoms with Crippen molar-refractivity contribution in [1.82, 2.24) is 4.98 Å². The number of aromatic nitrogens is 1. The first-order valence-electron chi connectivity index (χ1n) is 11.9. The molecule has 13 heteroatoms. The maximum Gasteiger partial charge on any atom is 0.263 e. The zero-order chi connectivity index (χ0) is 28.6. The van der Waals surface area contributed by atoms with Crippen molar-refractivity contribution in [3.8, 4) is 28.5 Å². The number of carbonyl (C=O) groups excluding carboxylic acids is 1. The number of phenols is 1. The van der Waals surface area contributed by atoms with E-state index >= 15 is 0 Å². The number of nitrogens with zero attached hydrogens (tertiary/aromatic N) is 2. The number of amides is 1. The SMILES string of the molecule is COc1cc(C2SC(C)C(=O)N2c2ccc(-c3csc(NS(=O)(=O)c4ccc(Cl)c(OC)c4)n3)cc2)ccc1O. The number of thioether (sulfide) groups is 1. The van der Waals surface area contributed by atoms with Gasteiger partial charge >= 0.3 is 0 Å². The first kappa shape index (κ1) is 28.1. The minimum absolute atomic E-state index is 0.00182. The van der Waals surface area contributed by atoms with Gasteiger partial charge in [0.1, 0.15) is 11.1 Å². The molecule has 5 rings (SSSR count). The number of methoxy groups -OCH3 is 2. The number of anilines is 2. The van der Waals surface area contributed by atoms with E-state index < -0.39 is 10.0 Å². The summed E-state index contributed by atoms with van der Waals surface area (Å²) in [6, 6.07) is 16.6. The van der Waals surface area contributed by atoms with Gasteiger partial charge in [0, 0.05) is 22.7 Å². The van der Waals surface area contributed by atoms with Gasteiger partial charge in [-0.1, -0.05) is 29.8 Å². The number of carbonyl (C=O) groups is 1. The van der Waals surface area contributed by atoms with Crippen molar-refractivity contribution < 1.29 is 27.8 Å².